The Morgan fingerprint density at radius 3 is 2.68 bits per heavy atom. The lowest BCUT2D eigenvalue weighted by molar-refractivity contribution is -0.165. The van der Waals surface area contributed by atoms with Crippen LogP contribution in [0.15, 0.2) is 24.3 Å². The molecular formula is C16H24O3. The summed E-state index contributed by atoms with van der Waals surface area (Å²) in [5.74, 6) is 0.910. The van der Waals surface area contributed by atoms with Crippen LogP contribution in [0.3, 0.4) is 0 Å². The van der Waals surface area contributed by atoms with Crippen molar-refractivity contribution in [3.05, 3.63) is 29.8 Å². The van der Waals surface area contributed by atoms with Crippen LogP contribution in [0.4, 0.5) is 0 Å². The molecule has 106 valence electrons. The molecule has 0 saturated carbocycles. The van der Waals surface area contributed by atoms with Crippen LogP contribution in [-0.4, -0.2) is 26.1 Å². The van der Waals surface area contributed by atoms with Crippen molar-refractivity contribution in [2.45, 2.75) is 45.3 Å². The summed E-state index contributed by atoms with van der Waals surface area (Å²) < 4.78 is 16.8. The van der Waals surface area contributed by atoms with E-state index in [2.05, 4.69) is 19.1 Å². The number of hydrogen-bond acceptors (Lipinski definition) is 3. The molecule has 0 bridgehead atoms. The van der Waals surface area contributed by atoms with E-state index in [-0.39, 0.29) is 6.29 Å². The Morgan fingerprint density at radius 1 is 1.16 bits per heavy atom. The molecule has 0 N–H and O–H groups in total. The van der Waals surface area contributed by atoms with E-state index in [1.165, 1.54) is 18.4 Å². The van der Waals surface area contributed by atoms with Gasteiger partial charge in [0.2, 0.25) is 0 Å². The molecule has 1 aliphatic rings. The molecule has 3 heteroatoms. The molecule has 0 aromatic heterocycles. The highest BCUT2D eigenvalue weighted by molar-refractivity contribution is 5.27. The predicted octanol–water partition coefficient (Wildman–Crippen LogP) is 3.56. The first kappa shape index (κ1) is 14.4. The van der Waals surface area contributed by atoms with E-state index in [0.717, 1.165) is 31.6 Å². The van der Waals surface area contributed by atoms with Crippen molar-refractivity contribution in [2.75, 3.05) is 19.8 Å². The molecule has 2 rings (SSSR count). The second-order valence-corrected chi connectivity index (χ2v) is 4.91. The molecule has 0 aliphatic carbocycles. The van der Waals surface area contributed by atoms with Crippen molar-refractivity contribution in [3.8, 4) is 5.75 Å². The lowest BCUT2D eigenvalue weighted by atomic mass is 10.1. The molecule has 0 amide bonds. The van der Waals surface area contributed by atoms with Gasteiger partial charge in [-0.2, -0.15) is 0 Å². The minimum Gasteiger partial charge on any atom is -0.491 e. The maximum absolute atomic E-state index is 5.65. The van der Waals surface area contributed by atoms with Crippen LogP contribution in [0, 0.1) is 0 Å². The molecule has 1 aromatic rings. The first-order valence-corrected chi connectivity index (χ1v) is 7.33. The van der Waals surface area contributed by atoms with Crippen LogP contribution in [0.5, 0.6) is 5.75 Å². The number of hydrogen-bond donors (Lipinski definition) is 0. The van der Waals surface area contributed by atoms with E-state index < -0.39 is 0 Å². The number of aryl methyl sites for hydroxylation is 1. The molecular weight excluding hydrogens is 240 g/mol. The largest absolute Gasteiger partial charge is 0.491 e. The van der Waals surface area contributed by atoms with Crippen LogP contribution in [-0.2, 0) is 15.9 Å². The molecule has 0 radical (unpaired) electrons. The molecule has 1 atom stereocenters. The molecule has 1 aromatic carbocycles. The fourth-order valence-electron chi connectivity index (χ4n) is 2.22. The Bertz CT molecular complexity index is 342. The van der Waals surface area contributed by atoms with E-state index in [9.17, 15) is 0 Å². The first-order chi connectivity index (χ1) is 9.38. The summed E-state index contributed by atoms with van der Waals surface area (Å²) in [6, 6.07) is 8.32. The van der Waals surface area contributed by atoms with Gasteiger partial charge in [0.15, 0.2) is 6.29 Å². The van der Waals surface area contributed by atoms with Gasteiger partial charge in [-0.1, -0.05) is 25.5 Å². The smallest absolute Gasteiger partial charge is 0.157 e. The van der Waals surface area contributed by atoms with Crippen LogP contribution in [0.1, 0.15) is 38.2 Å². The zero-order valence-electron chi connectivity index (χ0n) is 11.8. The normalized spacial score (nSPS) is 19.3. The van der Waals surface area contributed by atoms with Crippen LogP contribution < -0.4 is 4.74 Å². The summed E-state index contributed by atoms with van der Waals surface area (Å²) in [6.07, 6.45) is 5.64. The topological polar surface area (TPSA) is 27.7 Å². The van der Waals surface area contributed by atoms with Gasteiger partial charge in [-0.05, 0) is 43.4 Å². The lowest BCUT2D eigenvalue weighted by Gasteiger charge is -2.22. The summed E-state index contributed by atoms with van der Waals surface area (Å²) in [5, 5.41) is 0. The Labute approximate surface area is 115 Å². The maximum Gasteiger partial charge on any atom is 0.157 e. The van der Waals surface area contributed by atoms with Crippen LogP contribution in [0.25, 0.3) is 0 Å². The summed E-state index contributed by atoms with van der Waals surface area (Å²) in [6.45, 7) is 4.17. The summed E-state index contributed by atoms with van der Waals surface area (Å²) in [5.41, 5.74) is 1.36. The summed E-state index contributed by atoms with van der Waals surface area (Å²) >= 11 is 0. The van der Waals surface area contributed by atoms with Gasteiger partial charge in [0.1, 0.15) is 12.4 Å². The van der Waals surface area contributed by atoms with Crippen molar-refractivity contribution in [2.24, 2.45) is 0 Å². The number of benzene rings is 1. The second kappa shape index (κ2) is 8.18. The van der Waals surface area contributed by atoms with Crippen molar-refractivity contribution in [3.63, 3.8) is 0 Å². The number of ether oxygens (including phenoxy) is 3. The van der Waals surface area contributed by atoms with Gasteiger partial charge in [0, 0.05) is 6.61 Å². The highest BCUT2D eigenvalue weighted by atomic mass is 16.7. The van der Waals surface area contributed by atoms with Gasteiger partial charge in [-0.3, -0.25) is 0 Å². The highest BCUT2D eigenvalue weighted by Gasteiger charge is 2.13. The van der Waals surface area contributed by atoms with Gasteiger partial charge < -0.3 is 14.2 Å². The van der Waals surface area contributed by atoms with Crippen molar-refractivity contribution in [1.82, 2.24) is 0 Å². The Morgan fingerprint density at radius 2 is 2.00 bits per heavy atom. The fourth-order valence-corrected chi connectivity index (χ4v) is 2.22. The quantitative estimate of drug-likeness (QED) is 0.705. The molecule has 1 fully saturated rings. The number of rotatable bonds is 7. The molecule has 3 nitrogen and oxygen atoms in total. The third-order valence-electron chi connectivity index (χ3n) is 3.26. The average molecular weight is 264 g/mol. The van der Waals surface area contributed by atoms with Crippen molar-refractivity contribution < 1.29 is 14.2 Å². The van der Waals surface area contributed by atoms with E-state index in [1.54, 1.807) is 0 Å². The molecule has 1 heterocycles. The van der Waals surface area contributed by atoms with Gasteiger partial charge >= 0.3 is 0 Å². The first-order valence-electron chi connectivity index (χ1n) is 7.33. The summed E-state index contributed by atoms with van der Waals surface area (Å²) in [4.78, 5) is 0. The molecule has 0 spiro atoms. The van der Waals surface area contributed by atoms with Crippen molar-refractivity contribution in [1.29, 1.82) is 0 Å². The minimum absolute atomic E-state index is 0.0238. The van der Waals surface area contributed by atoms with Gasteiger partial charge in [-0.15, -0.1) is 0 Å². The van der Waals surface area contributed by atoms with E-state index in [4.69, 9.17) is 14.2 Å². The molecule has 1 unspecified atom stereocenters. The van der Waals surface area contributed by atoms with E-state index in [1.807, 2.05) is 12.1 Å². The second-order valence-electron chi connectivity index (χ2n) is 4.91. The Kier molecular flexibility index (Phi) is 6.18. The van der Waals surface area contributed by atoms with Gasteiger partial charge in [-0.25, -0.2) is 0 Å². The van der Waals surface area contributed by atoms with Crippen LogP contribution in [0.2, 0.25) is 0 Å². The molecule has 1 saturated heterocycles. The highest BCUT2D eigenvalue weighted by Crippen LogP contribution is 2.15. The molecule has 1 aliphatic heterocycles. The van der Waals surface area contributed by atoms with Crippen molar-refractivity contribution >= 4 is 0 Å². The fraction of sp³-hybridized carbons (Fsp3) is 0.625. The SMILES string of the molecule is CCCc1ccc(OCCOC2CCCCO2)cc1. The van der Waals surface area contributed by atoms with E-state index in [0.29, 0.717) is 13.2 Å². The van der Waals surface area contributed by atoms with Gasteiger partial charge in [0.05, 0.1) is 6.61 Å². The zero-order chi connectivity index (χ0) is 13.3. The standard InChI is InChI=1S/C16H24O3/c1-2-5-14-7-9-15(10-8-14)17-12-13-19-16-6-3-4-11-18-16/h7-10,16H,2-6,11-13H2,1H3. The third-order valence-corrected chi connectivity index (χ3v) is 3.26. The monoisotopic (exact) mass is 264 g/mol. The predicted molar refractivity (Wildman–Crippen MR) is 75.5 cm³/mol. The third kappa shape index (κ3) is 5.21. The Balaban J connectivity index is 1.62. The van der Waals surface area contributed by atoms with Crippen LogP contribution >= 0.6 is 0 Å². The summed E-state index contributed by atoms with van der Waals surface area (Å²) in [7, 11) is 0. The molecule has 19 heavy (non-hydrogen) atoms. The Hall–Kier alpha value is -1.06. The average Bonchev–Trinajstić information content (AvgIpc) is 2.47. The zero-order valence-corrected chi connectivity index (χ0v) is 11.8. The van der Waals surface area contributed by atoms with E-state index >= 15 is 0 Å². The maximum atomic E-state index is 5.65. The van der Waals surface area contributed by atoms with Gasteiger partial charge in [0.25, 0.3) is 0 Å². The minimum atomic E-state index is -0.0238. The lowest BCUT2D eigenvalue weighted by Crippen LogP contribution is -2.24.